The van der Waals surface area contributed by atoms with Crippen LogP contribution in [0.2, 0.25) is 0 Å². The Hall–Kier alpha value is -1.68. The van der Waals surface area contributed by atoms with Crippen LogP contribution in [0.25, 0.3) is 10.9 Å². The molecule has 2 rings (SSSR count). The second kappa shape index (κ2) is 4.37. The molecule has 13 heavy (non-hydrogen) atoms. The number of nitrogens with zero attached hydrogens (tertiary/aromatic N) is 1. The zero-order valence-corrected chi connectivity index (χ0v) is 7.32. The van der Waals surface area contributed by atoms with Gasteiger partial charge in [0.1, 0.15) is 0 Å². The molecular formula is C9H11N3O. The molecule has 68 valence electrons. The van der Waals surface area contributed by atoms with Gasteiger partial charge in [0.25, 0.3) is 0 Å². The van der Waals surface area contributed by atoms with Crippen molar-refractivity contribution in [3.63, 3.8) is 0 Å². The van der Waals surface area contributed by atoms with Crippen molar-refractivity contribution in [2.75, 3.05) is 7.05 Å². The van der Waals surface area contributed by atoms with Crippen LogP contribution >= 0.6 is 0 Å². The number of hydrogen-bond donors (Lipinski definition) is 2. The Labute approximate surface area is 75.4 Å². The molecule has 0 amide bonds. The second-order valence-corrected chi connectivity index (χ2v) is 2.29. The predicted molar refractivity (Wildman–Crippen MR) is 52.5 cm³/mol. The molecule has 0 spiro atoms. The van der Waals surface area contributed by atoms with Gasteiger partial charge < -0.3 is 10.7 Å². The molecule has 0 fully saturated rings. The maximum absolute atomic E-state index is 10.8. The summed E-state index contributed by atoms with van der Waals surface area (Å²) in [5.41, 5.74) is 5.25. The van der Waals surface area contributed by atoms with Crippen LogP contribution in [0.4, 0.5) is 0 Å². The fourth-order valence-electron chi connectivity index (χ4n) is 0.993. The van der Waals surface area contributed by atoms with Crippen molar-refractivity contribution in [3.05, 3.63) is 40.9 Å². The van der Waals surface area contributed by atoms with Crippen molar-refractivity contribution in [1.29, 1.82) is 0 Å². The van der Waals surface area contributed by atoms with E-state index in [-0.39, 0.29) is 5.56 Å². The fourth-order valence-corrected chi connectivity index (χ4v) is 0.993. The normalized spacial score (nSPS) is 9.08. The Balaban J connectivity index is 0.000000396. The van der Waals surface area contributed by atoms with E-state index in [2.05, 4.69) is 15.7 Å². The molecule has 2 aromatic heterocycles. The van der Waals surface area contributed by atoms with E-state index in [1.807, 2.05) is 0 Å². The maximum Gasteiger partial charge on any atom is 0.248 e. The van der Waals surface area contributed by atoms with E-state index in [1.165, 1.54) is 13.1 Å². The third-order valence-corrected chi connectivity index (χ3v) is 1.52. The minimum Gasteiger partial charge on any atom is -0.333 e. The van der Waals surface area contributed by atoms with Gasteiger partial charge in [-0.25, -0.2) is 0 Å². The van der Waals surface area contributed by atoms with Crippen LogP contribution in [0.3, 0.4) is 0 Å². The molecule has 0 aliphatic rings. The summed E-state index contributed by atoms with van der Waals surface area (Å²) in [5, 5.41) is 0.951. The molecule has 0 aliphatic heterocycles. The number of nitrogens with two attached hydrogens (primary N) is 1. The van der Waals surface area contributed by atoms with Gasteiger partial charge in [0.05, 0.1) is 5.52 Å². The molecule has 0 saturated carbocycles. The maximum atomic E-state index is 10.8. The number of H-pyrrole nitrogens is 1. The van der Waals surface area contributed by atoms with Gasteiger partial charge in [0, 0.05) is 23.8 Å². The highest BCUT2D eigenvalue weighted by Gasteiger charge is 1.90. The van der Waals surface area contributed by atoms with Gasteiger partial charge in [0.15, 0.2) is 0 Å². The van der Waals surface area contributed by atoms with Crippen LogP contribution in [0.1, 0.15) is 0 Å². The van der Waals surface area contributed by atoms with Crippen LogP contribution in [0.5, 0.6) is 0 Å². The van der Waals surface area contributed by atoms with E-state index in [0.717, 1.165) is 10.9 Å². The number of rotatable bonds is 0. The first kappa shape index (κ1) is 9.41. The Morgan fingerprint density at radius 3 is 2.85 bits per heavy atom. The monoisotopic (exact) mass is 177 g/mol. The molecule has 0 aromatic carbocycles. The summed E-state index contributed by atoms with van der Waals surface area (Å²) in [6.07, 6.45) is 3.36. The van der Waals surface area contributed by atoms with Crippen molar-refractivity contribution in [2.24, 2.45) is 5.73 Å². The summed E-state index contributed by atoms with van der Waals surface area (Å²) >= 11 is 0. The van der Waals surface area contributed by atoms with E-state index in [4.69, 9.17) is 0 Å². The van der Waals surface area contributed by atoms with Crippen molar-refractivity contribution < 1.29 is 0 Å². The molecule has 4 nitrogen and oxygen atoms in total. The van der Waals surface area contributed by atoms with Crippen LogP contribution in [0, 0.1) is 0 Å². The highest BCUT2D eigenvalue weighted by molar-refractivity contribution is 5.76. The van der Waals surface area contributed by atoms with Crippen molar-refractivity contribution in [2.45, 2.75) is 0 Å². The van der Waals surface area contributed by atoms with E-state index in [0.29, 0.717) is 0 Å². The van der Waals surface area contributed by atoms with E-state index < -0.39 is 0 Å². The zero-order chi connectivity index (χ0) is 9.68. The van der Waals surface area contributed by atoms with Gasteiger partial charge in [-0.3, -0.25) is 9.78 Å². The Morgan fingerprint density at radius 1 is 1.31 bits per heavy atom. The number of nitrogens with one attached hydrogen (secondary N) is 1. The number of aromatic amines is 1. The summed E-state index contributed by atoms with van der Waals surface area (Å²) in [7, 11) is 1.50. The molecule has 0 saturated heterocycles. The SMILES string of the molecule is CN.O=c1ccc2cnccc2[nH]1. The molecular weight excluding hydrogens is 166 g/mol. The standard InChI is InChI=1S/C8H6N2O.CH5N/c11-8-2-1-6-5-9-4-3-7(6)10-8;1-2/h1-5H,(H,10,11);2H2,1H3. The lowest BCUT2D eigenvalue weighted by Gasteiger charge is -1.92. The molecule has 0 bridgehead atoms. The molecule has 2 heterocycles. The van der Waals surface area contributed by atoms with Gasteiger partial charge >= 0.3 is 0 Å². The molecule has 2 aromatic rings. The first-order valence-electron chi connectivity index (χ1n) is 3.87. The summed E-state index contributed by atoms with van der Waals surface area (Å²) in [6, 6.07) is 5.02. The van der Waals surface area contributed by atoms with E-state index in [1.54, 1.807) is 24.5 Å². The van der Waals surface area contributed by atoms with E-state index in [9.17, 15) is 4.79 Å². The van der Waals surface area contributed by atoms with Gasteiger partial charge in [-0.15, -0.1) is 0 Å². The highest BCUT2D eigenvalue weighted by atomic mass is 16.1. The minimum absolute atomic E-state index is 0.0799. The molecule has 4 heteroatoms. The largest absolute Gasteiger partial charge is 0.333 e. The second-order valence-electron chi connectivity index (χ2n) is 2.29. The summed E-state index contributed by atoms with van der Waals surface area (Å²) < 4.78 is 0. The first-order valence-corrected chi connectivity index (χ1v) is 3.87. The van der Waals surface area contributed by atoms with Crippen LogP contribution in [-0.2, 0) is 0 Å². The first-order chi connectivity index (χ1) is 6.36. The third kappa shape index (κ3) is 2.13. The molecule has 0 radical (unpaired) electrons. The lowest BCUT2D eigenvalue weighted by Crippen LogP contribution is -2.01. The molecule has 0 aliphatic carbocycles. The average Bonchev–Trinajstić information content (AvgIpc) is 2.21. The topological polar surface area (TPSA) is 71.8 Å². The van der Waals surface area contributed by atoms with Crippen molar-refractivity contribution in [3.8, 4) is 0 Å². The Kier molecular flexibility index (Phi) is 3.16. The summed E-state index contributed by atoms with van der Waals surface area (Å²) in [4.78, 5) is 17.4. The Morgan fingerprint density at radius 2 is 2.08 bits per heavy atom. The van der Waals surface area contributed by atoms with Crippen molar-refractivity contribution >= 4 is 10.9 Å². The smallest absolute Gasteiger partial charge is 0.248 e. The van der Waals surface area contributed by atoms with Crippen LogP contribution in [0.15, 0.2) is 35.4 Å². The van der Waals surface area contributed by atoms with Crippen LogP contribution < -0.4 is 11.3 Å². The number of hydrogen-bond acceptors (Lipinski definition) is 3. The van der Waals surface area contributed by atoms with Crippen LogP contribution in [-0.4, -0.2) is 17.0 Å². The van der Waals surface area contributed by atoms with Gasteiger partial charge in [-0.2, -0.15) is 0 Å². The van der Waals surface area contributed by atoms with Gasteiger partial charge in [-0.05, 0) is 19.2 Å². The number of aromatic nitrogens is 2. The highest BCUT2D eigenvalue weighted by Crippen LogP contribution is 2.04. The molecule has 3 N–H and O–H groups in total. The van der Waals surface area contributed by atoms with Gasteiger partial charge in [-0.1, -0.05) is 0 Å². The molecule has 0 atom stereocenters. The number of pyridine rings is 2. The average molecular weight is 177 g/mol. The lowest BCUT2D eigenvalue weighted by atomic mass is 10.3. The third-order valence-electron chi connectivity index (χ3n) is 1.52. The number of fused-ring (bicyclic) bond motifs is 1. The molecule has 0 unspecified atom stereocenters. The lowest BCUT2D eigenvalue weighted by molar-refractivity contribution is 1.28. The quantitative estimate of drug-likeness (QED) is 0.615. The van der Waals surface area contributed by atoms with Gasteiger partial charge in [0.2, 0.25) is 5.56 Å². The Bertz CT molecular complexity index is 436. The summed E-state index contributed by atoms with van der Waals surface area (Å²) in [6.45, 7) is 0. The van der Waals surface area contributed by atoms with E-state index >= 15 is 0 Å². The zero-order valence-electron chi connectivity index (χ0n) is 7.32. The predicted octanol–water partition coefficient (Wildman–Crippen LogP) is 0.498. The van der Waals surface area contributed by atoms with Crippen molar-refractivity contribution in [1.82, 2.24) is 9.97 Å². The minimum atomic E-state index is -0.0799. The summed E-state index contributed by atoms with van der Waals surface area (Å²) in [5.74, 6) is 0. The fraction of sp³-hybridized carbons (Fsp3) is 0.111.